The average molecular weight is 953 g/mol. The molecule has 0 atom stereocenters. The lowest BCUT2D eigenvalue weighted by Gasteiger charge is -2.21. The molecule has 7 aromatic heterocycles. The molecule has 10 aromatic rings. The van der Waals surface area contributed by atoms with Crippen LogP contribution in [-0.4, -0.2) is 73.1 Å². The van der Waals surface area contributed by atoms with Crippen molar-refractivity contribution in [3.05, 3.63) is 173 Å². The first-order chi connectivity index (χ1) is 31.5. The van der Waals surface area contributed by atoms with E-state index >= 15 is 0 Å². The molecule has 0 spiro atoms. The minimum absolute atomic E-state index is 0.0971. The van der Waals surface area contributed by atoms with Gasteiger partial charge in [-0.3, -0.25) is 4.57 Å². The Labute approximate surface area is 387 Å². The largest absolute Gasteiger partial charge is 0.506 e. The highest BCUT2D eigenvalue weighted by Gasteiger charge is 2.27. The van der Waals surface area contributed by atoms with Gasteiger partial charge in [-0.15, -0.1) is 0 Å². The Morgan fingerprint density at radius 3 is 1.70 bits per heavy atom. The number of hydrogen-bond acceptors (Lipinski definition) is 9. The average Bonchev–Trinajstić information content (AvgIpc) is 4.11. The van der Waals surface area contributed by atoms with Crippen molar-refractivity contribution in [2.75, 3.05) is 0 Å². The lowest BCUT2D eigenvalue weighted by atomic mass is 9.86. The summed E-state index contributed by atoms with van der Waals surface area (Å²) in [5.41, 5.74) is 9.66. The topological polar surface area (TPSA) is 173 Å². The third-order valence-electron chi connectivity index (χ3n) is 9.83. The molecule has 0 bridgehead atoms. The quantitative estimate of drug-likeness (QED) is 0.0990. The van der Waals surface area contributed by atoms with Crippen molar-refractivity contribution in [3.63, 3.8) is 0 Å². The molecule has 17 heteroatoms. The van der Waals surface area contributed by atoms with Gasteiger partial charge in [0, 0.05) is 67.4 Å². The fraction of sp³-hybridized carbons (Fsp3) is 0.143. The van der Waals surface area contributed by atoms with Crippen LogP contribution in [0.1, 0.15) is 37.5 Å². The van der Waals surface area contributed by atoms with E-state index in [9.17, 15) is 23.6 Å². The van der Waals surface area contributed by atoms with E-state index in [0.717, 1.165) is 60.2 Å². The van der Waals surface area contributed by atoms with E-state index in [1.807, 2.05) is 49.5 Å². The number of nitrogens with one attached hydrogen (secondary N) is 2. The van der Waals surface area contributed by atoms with Crippen molar-refractivity contribution >= 4 is 67.4 Å². The van der Waals surface area contributed by atoms with Gasteiger partial charge in [0.1, 0.15) is 18.3 Å². The number of fused-ring (bicyclic) bond motifs is 3. The maximum absolute atomic E-state index is 12.7. The van der Waals surface area contributed by atoms with E-state index < -0.39 is 30.7 Å². The first kappa shape index (κ1) is 46.7. The van der Waals surface area contributed by atoms with Crippen LogP contribution >= 0.6 is 15.9 Å². The Hall–Kier alpha value is -7.34. The first-order valence-electron chi connectivity index (χ1n) is 20.6. The molecule has 0 amide bonds. The highest BCUT2D eigenvalue weighted by atomic mass is 79.9. The summed E-state index contributed by atoms with van der Waals surface area (Å²) in [5.74, 6) is -0.155. The van der Waals surface area contributed by atoms with Crippen molar-refractivity contribution in [2.24, 2.45) is 0 Å². The number of benzene rings is 3. The molecule has 4 N–H and O–H groups in total. The SMILES string of the molecule is Cc1ccc2cc(-c3ccc(-n4cncn4)nc3)[nH]c2c1.Cc1ccc2cc(-c3ccc(F)nc3)[nH]c2c1.Cc1ccc2cc(B(O)O)n(C(=O)OC(C)(C)C)c2c1.Fc1ccc(Br)cn1. The minimum atomic E-state index is -1.74. The predicted octanol–water partition coefficient (Wildman–Crippen LogP) is 10.2. The van der Waals surface area contributed by atoms with Crippen LogP contribution in [0.5, 0.6) is 0 Å². The molecule has 0 aliphatic rings. The summed E-state index contributed by atoms with van der Waals surface area (Å²) in [6.07, 6.45) is 7.29. The van der Waals surface area contributed by atoms with Gasteiger partial charge in [-0.25, -0.2) is 29.4 Å². The Kier molecular flexibility index (Phi) is 14.3. The van der Waals surface area contributed by atoms with Crippen LogP contribution in [0, 0.1) is 32.7 Å². The standard InChI is InChI=1S/C16H13N5.C14H18BNO4.C14H11FN2.C5H3BrFN/c1-11-2-3-12-7-15(20-14(12)6-11)13-4-5-16(18-8-13)21-10-17-9-19-21;1-9-5-6-10-8-12(15(18)19)16(11(10)7-9)13(17)20-14(2,3)4;1-9-2-3-10-7-13(17-12(10)6-9)11-4-5-14(15)16-8-11;6-4-1-2-5(7)8-3-4/h2-10,20H,1H3;5-8,18-19H,1-4H3;2-8,17H,1H3;1-3H. The third kappa shape index (κ3) is 11.9. The summed E-state index contributed by atoms with van der Waals surface area (Å²) in [7, 11) is -1.74. The molecule has 0 radical (unpaired) electrons. The summed E-state index contributed by atoms with van der Waals surface area (Å²) in [4.78, 5) is 34.4. The molecule has 0 unspecified atom stereocenters. The Morgan fingerprint density at radius 2 is 1.23 bits per heavy atom. The van der Waals surface area contributed by atoms with Crippen molar-refractivity contribution in [1.29, 1.82) is 0 Å². The summed E-state index contributed by atoms with van der Waals surface area (Å²) in [6, 6.07) is 33.9. The number of pyridine rings is 3. The zero-order valence-corrected chi connectivity index (χ0v) is 38.4. The van der Waals surface area contributed by atoms with Gasteiger partial charge in [0.15, 0.2) is 5.82 Å². The molecule has 66 heavy (non-hydrogen) atoms. The van der Waals surface area contributed by atoms with Crippen LogP contribution < -0.4 is 5.59 Å². The molecule has 0 fully saturated rings. The number of aryl methyl sites for hydroxylation is 3. The number of nitrogens with zero attached hydrogens (tertiary/aromatic N) is 7. The fourth-order valence-corrected chi connectivity index (χ4v) is 6.96. The molecule has 0 aliphatic heterocycles. The molecular weight excluding hydrogens is 907 g/mol. The van der Waals surface area contributed by atoms with Crippen molar-refractivity contribution < 1.29 is 28.4 Å². The van der Waals surface area contributed by atoms with Crippen LogP contribution in [0.4, 0.5) is 13.6 Å². The van der Waals surface area contributed by atoms with E-state index in [1.54, 1.807) is 50.0 Å². The zero-order chi connectivity index (χ0) is 47.1. The highest BCUT2D eigenvalue weighted by Crippen LogP contribution is 2.26. The molecule has 0 saturated carbocycles. The fourth-order valence-electron chi connectivity index (χ4n) is 6.73. The predicted molar refractivity (Wildman–Crippen MR) is 257 cm³/mol. The number of H-pyrrole nitrogens is 2. The maximum atomic E-state index is 12.7. The van der Waals surface area contributed by atoms with Crippen LogP contribution in [0.15, 0.2) is 145 Å². The van der Waals surface area contributed by atoms with Gasteiger partial charge >= 0.3 is 13.2 Å². The molecule has 0 aliphatic carbocycles. The van der Waals surface area contributed by atoms with Gasteiger partial charge < -0.3 is 24.8 Å². The lowest BCUT2D eigenvalue weighted by Crippen LogP contribution is -2.41. The van der Waals surface area contributed by atoms with Gasteiger partial charge in [-0.1, -0.05) is 36.4 Å². The minimum Gasteiger partial charge on any atom is -0.443 e. The highest BCUT2D eigenvalue weighted by molar-refractivity contribution is 9.10. The van der Waals surface area contributed by atoms with Crippen molar-refractivity contribution in [2.45, 2.75) is 47.1 Å². The number of ether oxygens (including phenoxy) is 1. The molecular formula is C49H45BBrF2N9O4. The Morgan fingerprint density at radius 1 is 0.682 bits per heavy atom. The molecule has 13 nitrogen and oxygen atoms in total. The smallest absolute Gasteiger partial charge is 0.443 e. The van der Waals surface area contributed by atoms with E-state index in [0.29, 0.717) is 5.52 Å². The second-order valence-corrected chi connectivity index (χ2v) is 17.2. The van der Waals surface area contributed by atoms with Crippen molar-refractivity contribution in [1.82, 2.24) is 44.3 Å². The lowest BCUT2D eigenvalue weighted by molar-refractivity contribution is 0.0547. The molecule has 10 rings (SSSR count). The van der Waals surface area contributed by atoms with Gasteiger partial charge in [-0.05, 0) is 152 Å². The summed E-state index contributed by atoms with van der Waals surface area (Å²) >= 11 is 3.12. The second-order valence-electron chi connectivity index (χ2n) is 16.3. The summed E-state index contributed by atoms with van der Waals surface area (Å²) in [6.45, 7) is 11.3. The number of halogens is 3. The van der Waals surface area contributed by atoms with Gasteiger partial charge in [0.05, 0.1) is 11.1 Å². The van der Waals surface area contributed by atoms with Crippen LogP contribution in [-0.2, 0) is 4.74 Å². The Balaban J connectivity index is 0.000000136. The number of aromatic amines is 2. The van der Waals surface area contributed by atoms with Crippen LogP contribution in [0.2, 0.25) is 0 Å². The second kappa shape index (κ2) is 20.2. The molecule has 0 saturated heterocycles. The summed E-state index contributed by atoms with van der Waals surface area (Å²) < 4.78 is 33.7. The van der Waals surface area contributed by atoms with E-state index in [-0.39, 0.29) is 5.59 Å². The molecule has 7 heterocycles. The number of rotatable bonds is 4. The third-order valence-corrected chi connectivity index (χ3v) is 10.3. The number of carbonyl (C=O) groups excluding carboxylic acids is 1. The van der Waals surface area contributed by atoms with E-state index in [4.69, 9.17) is 4.74 Å². The maximum Gasteiger partial charge on any atom is 0.506 e. The number of hydrogen-bond donors (Lipinski definition) is 4. The zero-order valence-electron chi connectivity index (χ0n) is 36.8. The van der Waals surface area contributed by atoms with Gasteiger partial charge in [0.25, 0.3) is 0 Å². The number of carbonyl (C=O) groups is 1. The van der Waals surface area contributed by atoms with E-state index in [2.05, 4.69) is 107 Å². The molecule has 3 aromatic carbocycles. The summed E-state index contributed by atoms with van der Waals surface area (Å²) in [5, 5.41) is 26.1. The van der Waals surface area contributed by atoms with Gasteiger partial charge in [-0.2, -0.15) is 13.9 Å². The number of aromatic nitrogens is 9. The Bertz CT molecular complexity index is 3200. The first-order valence-corrected chi connectivity index (χ1v) is 21.4. The van der Waals surface area contributed by atoms with Gasteiger partial charge in [0.2, 0.25) is 11.9 Å². The molecule has 334 valence electrons. The van der Waals surface area contributed by atoms with E-state index in [1.165, 1.54) is 51.9 Å². The monoisotopic (exact) mass is 951 g/mol. The van der Waals surface area contributed by atoms with Crippen LogP contribution in [0.25, 0.3) is 61.0 Å². The normalized spacial score (nSPS) is 11.0. The van der Waals surface area contributed by atoms with Crippen LogP contribution in [0.3, 0.4) is 0 Å². The van der Waals surface area contributed by atoms with Crippen molar-refractivity contribution in [3.8, 4) is 28.3 Å².